The molecule has 0 aliphatic carbocycles. The number of carbonyl (C=O) groups is 1. The van der Waals surface area contributed by atoms with Crippen molar-refractivity contribution in [1.82, 2.24) is 10.2 Å². The summed E-state index contributed by atoms with van der Waals surface area (Å²) in [5.74, 6) is -0.0309. The van der Waals surface area contributed by atoms with Crippen molar-refractivity contribution in [1.29, 1.82) is 0 Å². The molecule has 7 nitrogen and oxygen atoms in total. The van der Waals surface area contributed by atoms with Gasteiger partial charge in [-0.25, -0.2) is 4.99 Å². The molecule has 1 amide bonds. The van der Waals surface area contributed by atoms with Crippen LogP contribution >= 0.6 is 11.6 Å². The molecule has 0 spiro atoms. The Morgan fingerprint density at radius 1 is 1.28 bits per heavy atom. The third-order valence-corrected chi connectivity index (χ3v) is 3.55. The second kappa shape index (κ2) is 7.06. The summed E-state index contributed by atoms with van der Waals surface area (Å²) in [4.78, 5) is 16.0. The smallest absolute Gasteiger partial charge is 0.256 e. The molecule has 0 bridgehead atoms. The Hall–Kier alpha value is -3.32. The Kier molecular flexibility index (Phi) is 4.67. The third kappa shape index (κ3) is 3.96. The van der Waals surface area contributed by atoms with Crippen LogP contribution in [-0.2, 0) is 0 Å². The van der Waals surface area contributed by atoms with Gasteiger partial charge in [0.1, 0.15) is 17.1 Å². The molecular formula is C17H14ClN5O2. The molecule has 0 fully saturated rings. The lowest BCUT2D eigenvalue weighted by Crippen LogP contribution is -2.12. The molecule has 3 aromatic rings. The van der Waals surface area contributed by atoms with Crippen LogP contribution in [0.1, 0.15) is 15.9 Å². The van der Waals surface area contributed by atoms with Gasteiger partial charge in [0.2, 0.25) is 0 Å². The fourth-order valence-corrected chi connectivity index (χ4v) is 2.35. The van der Waals surface area contributed by atoms with E-state index in [0.29, 0.717) is 16.5 Å². The van der Waals surface area contributed by atoms with Crippen molar-refractivity contribution in [2.24, 2.45) is 10.7 Å². The first-order valence-electron chi connectivity index (χ1n) is 7.27. The predicted octanol–water partition coefficient (Wildman–Crippen LogP) is 3.36. The maximum atomic E-state index is 11.8. The molecule has 5 N–H and O–H groups in total. The molecule has 0 unspecified atom stereocenters. The second-order valence-corrected chi connectivity index (χ2v) is 5.58. The van der Waals surface area contributed by atoms with Crippen LogP contribution in [0, 0.1) is 0 Å². The first kappa shape index (κ1) is 16.5. The summed E-state index contributed by atoms with van der Waals surface area (Å²) in [6.45, 7) is 0. The zero-order chi connectivity index (χ0) is 17.8. The maximum absolute atomic E-state index is 11.8. The highest BCUT2D eigenvalue weighted by molar-refractivity contribution is 6.30. The first-order valence-corrected chi connectivity index (χ1v) is 7.64. The number of hydrogen-bond acceptors (Lipinski definition) is 5. The molecule has 0 saturated heterocycles. The van der Waals surface area contributed by atoms with Crippen molar-refractivity contribution in [2.45, 2.75) is 0 Å². The maximum Gasteiger partial charge on any atom is 0.256 e. The van der Waals surface area contributed by atoms with E-state index in [1.807, 2.05) is 0 Å². The van der Waals surface area contributed by atoms with Gasteiger partial charge in [-0.15, -0.1) is 0 Å². The molecule has 0 radical (unpaired) electrons. The molecule has 0 aliphatic heterocycles. The third-order valence-electron chi connectivity index (χ3n) is 3.32. The van der Waals surface area contributed by atoms with Gasteiger partial charge >= 0.3 is 0 Å². The summed E-state index contributed by atoms with van der Waals surface area (Å²) in [7, 11) is 0. The number of carbonyl (C=O) groups excluding carboxylic acids is 1. The lowest BCUT2D eigenvalue weighted by molar-refractivity contribution is 0.100. The zero-order valence-electron chi connectivity index (χ0n) is 12.9. The van der Waals surface area contributed by atoms with Gasteiger partial charge in [-0.2, -0.15) is 5.10 Å². The number of H-pyrrole nitrogens is 1. The largest absolute Gasteiger partial charge is 0.508 e. The van der Waals surface area contributed by atoms with Crippen molar-refractivity contribution in [3.05, 3.63) is 64.7 Å². The lowest BCUT2D eigenvalue weighted by atomic mass is 10.2. The topological polar surface area (TPSA) is 116 Å². The molecule has 2 aromatic carbocycles. The highest BCUT2D eigenvalue weighted by Gasteiger charge is 2.18. The van der Waals surface area contributed by atoms with E-state index in [1.165, 1.54) is 18.3 Å². The minimum atomic E-state index is -0.670. The number of primary amides is 1. The minimum absolute atomic E-state index is 0.134. The number of nitrogens with two attached hydrogens (primary N) is 1. The van der Waals surface area contributed by atoms with Crippen LogP contribution < -0.4 is 11.1 Å². The monoisotopic (exact) mass is 355 g/mol. The van der Waals surface area contributed by atoms with Crippen molar-refractivity contribution >= 4 is 41.0 Å². The number of hydrogen-bond donors (Lipinski definition) is 4. The number of halogens is 1. The van der Waals surface area contributed by atoms with Crippen LogP contribution in [0.5, 0.6) is 5.75 Å². The Bertz CT molecular complexity index is 934. The average molecular weight is 356 g/mol. The number of rotatable bonds is 5. The highest BCUT2D eigenvalue weighted by Crippen LogP contribution is 2.27. The number of nitrogens with one attached hydrogen (secondary N) is 2. The molecule has 126 valence electrons. The molecular weight excluding hydrogens is 342 g/mol. The Morgan fingerprint density at radius 3 is 2.72 bits per heavy atom. The standard InChI is InChI=1S/C17H14ClN5O2/c18-11-2-1-3-12(8-11)21-17-14(15(19)25)16(22-23-17)20-9-10-4-6-13(24)7-5-10/h1-9,24H,(H2,19,25)(H2,21,22,23). The zero-order valence-corrected chi connectivity index (χ0v) is 13.7. The van der Waals surface area contributed by atoms with Crippen LogP contribution in [0.3, 0.4) is 0 Å². The molecule has 25 heavy (non-hydrogen) atoms. The number of aromatic hydroxyl groups is 1. The number of amides is 1. The van der Waals surface area contributed by atoms with Crippen LogP contribution in [0.15, 0.2) is 53.5 Å². The van der Waals surface area contributed by atoms with Crippen LogP contribution in [0.4, 0.5) is 17.3 Å². The molecule has 0 atom stereocenters. The van der Waals surface area contributed by atoms with Crippen LogP contribution in [-0.4, -0.2) is 27.4 Å². The van der Waals surface area contributed by atoms with Gasteiger partial charge in [0.25, 0.3) is 5.91 Å². The highest BCUT2D eigenvalue weighted by atomic mass is 35.5. The van der Waals surface area contributed by atoms with Gasteiger partial charge in [0.15, 0.2) is 5.82 Å². The summed E-state index contributed by atoms with van der Waals surface area (Å²) in [5.41, 5.74) is 7.00. The molecule has 8 heteroatoms. The fraction of sp³-hybridized carbons (Fsp3) is 0. The predicted molar refractivity (Wildman–Crippen MR) is 97.2 cm³/mol. The second-order valence-electron chi connectivity index (χ2n) is 5.15. The number of phenols is 1. The van der Waals surface area contributed by atoms with Gasteiger partial charge < -0.3 is 16.2 Å². The minimum Gasteiger partial charge on any atom is -0.508 e. The molecule has 1 aromatic heterocycles. The van der Waals surface area contributed by atoms with Crippen LogP contribution in [0.25, 0.3) is 0 Å². The number of aromatic amines is 1. The summed E-state index contributed by atoms with van der Waals surface area (Å²) in [6.07, 6.45) is 1.52. The fourth-order valence-electron chi connectivity index (χ4n) is 2.16. The SMILES string of the molecule is NC(=O)c1c(N=Cc2ccc(O)cc2)n[nH]c1Nc1cccc(Cl)c1. The van der Waals surface area contributed by atoms with Gasteiger partial charge in [0, 0.05) is 16.9 Å². The lowest BCUT2D eigenvalue weighted by Gasteiger charge is -2.05. The van der Waals surface area contributed by atoms with E-state index in [2.05, 4.69) is 20.5 Å². The number of aliphatic imine (C=N–C) groups is 1. The van der Waals surface area contributed by atoms with E-state index in [-0.39, 0.29) is 17.1 Å². The number of nitrogens with zero attached hydrogens (tertiary/aromatic N) is 2. The van der Waals surface area contributed by atoms with Crippen molar-refractivity contribution < 1.29 is 9.90 Å². The number of benzene rings is 2. The Balaban J connectivity index is 1.89. The average Bonchev–Trinajstić information content (AvgIpc) is 2.97. The van der Waals surface area contributed by atoms with E-state index in [9.17, 15) is 9.90 Å². The first-order chi connectivity index (χ1) is 12.0. The van der Waals surface area contributed by atoms with Crippen LogP contribution in [0.2, 0.25) is 5.02 Å². The van der Waals surface area contributed by atoms with E-state index in [0.717, 1.165) is 5.56 Å². The van der Waals surface area contributed by atoms with E-state index < -0.39 is 5.91 Å². The Morgan fingerprint density at radius 2 is 2.04 bits per heavy atom. The number of aromatic nitrogens is 2. The van der Waals surface area contributed by atoms with Crippen molar-refractivity contribution in [3.8, 4) is 5.75 Å². The normalized spacial score (nSPS) is 10.9. The van der Waals surface area contributed by atoms with E-state index in [4.69, 9.17) is 17.3 Å². The summed E-state index contributed by atoms with van der Waals surface area (Å²) < 4.78 is 0. The molecule has 1 heterocycles. The van der Waals surface area contributed by atoms with Gasteiger partial charge in [-0.1, -0.05) is 17.7 Å². The molecule has 3 rings (SSSR count). The van der Waals surface area contributed by atoms with E-state index in [1.54, 1.807) is 36.4 Å². The summed E-state index contributed by atoms with van der Waals surface area (Å²) in [6, 6.07) is 13.4. The van der Waals surface area contributed by atoms with Gasteiger partial charge in [-0.05, 0) is 48.0 Å². The van der Waals surface area contributed by atoms with E-state index >= 15 is 0 Å². The number of anilines is 2. The molecule has 0 saturated carbocycles. The summed E-state index contributed by atoms with van der Waals surface area (Å²) in [5, 5.41) is 19.6. The van der Waals surface area contributed by atoms with Gasteiger partial charge in [0.05, 0.1) is 0 Å². The van der Waals surface area contributed by atoms with Crippen molar-refractivity contribution in [2.75, 3.05) is 5.32 Å². The quantitative estimate of drug-likeness (QED) is 0.525. The Labute approximate surface area is 148 Å². The van der Waals surface area contributed by atoms with Crippen molar-refractivity contribution in [3.63, 3.8) is 0 Å². The number of phenolic OH excluding ortho intramolecular Hbond substituents is 1. The summed E-state index contributed by atoms with van der Waals surface area (Å²) >= 11 is 5.95. The van der Waals surface area contributed by atoms with Gasteiger partial charge in [-0.3, -0.25) is 9.89 Å². The molecule has 0 aliphatic rings.